The standard InChI is InChI=1S/C54H36N2O.C46H30N2S.C36H24N2S/c1-4-14-37(15-5-1)40-24-30-43(31-25-40)55(44-32-26-41(27-33-44)38-16-6-2-7-17-38)50-36-48-46-20-10-12-22-49(46)56(45-34-28-42(29-35-45)39-18-8-3-9-19-39)53(48)54-52(50)47-21-11-13-23-51(47)57-54;1-3-16-33(17-4-1)47(41-24-13-15-31-14-7-8-20-36(31)41)35-28-26-32(27-29-35)39-30-40-37-21-9-11-23-42(37)48(34-18-5-2-6-19-34)45(40)44-38-22-10-12-25-43(38)49-46(39)44;1-4-14-25(15-5-1)37(26-16-6-2-7-17-26)32-24-30-28-20-10-12-22-31(28)38(27-18-8-3-9-19-27)35(30)34-29-21-11-13-23-33(29)39-36(32)34/h1-36H;1-30H;1-24H/i;2D,5D,6D,18D,19D;. The molecule has 0 N–H and O–H groups in total. The summed E-state index contributed by atoms with van der Waals surface area (Å²) >= 11 is 3.59. The lowest BCUT2D eigenvalue weighted by atomic mass is 9.98. The van der Waals surface area contributed by atoms with Crippen LogP contribution in [-0.4, -0.2) is 13.7 Å². The summed E-state index contributed by atoms with van der Waals surface area (Å²) in [5, 5.41) is 15.9. The number of rotatable bonds is 16. The molecule has 0 fully saturated rings. The summed E-state index contributed by atoms with van der Waals surface area (Å²) in [6.07, 6.45) is 0. The minimum absolute atomic E-state index is 0.148. The molecule has 145 heavy (non-hydrogen) atoms. The third kappa shape index (κ3) is 15.0. The summed E-state index contributed by atoms with van der Waals surface area (Å²) in [4.78, 5) is 7.11. The minimum atomic E-state index is -0.405. The van der Waals surface area contributed by atoms with Gasteiger partial charge in [-0.2, -0.15) is 0 Å². The van der Waals surface area contributed by atoms with Gasteiger partial charge in [0.1, 0.15) is 5.58 Å². The van der Waals surface area contributed by atoms with Crippen molar-refractivity contribution in [3.63, 3.8) is 0 Å². The molecular formula is C136H90N6OS2. The largest absolute Gasteiger partial charge is 0.454 e. The molecule has 0 aliphatic rings. The molecule has 682 valence electrons. The first-order chi connectivity index (χ1) is 74.1. The van der Waals surface area contributed by atoms with Crippen LogP contribution in [0.25, 0.3) is 200 Å². The third-order valence-corrected chi connectivity index (χ3v) is 30.6. The Bertz CT molecular complexity index is 10100. The van der Waals surface area contributed by atoms with E-state index in [0.717, 1.165) is 143 Å². The second-order valence-electron chi connectivity index (χ2n) is 36.5. The molecule has 0 aliphatic carbocycles. The third-order valence-electron chi connectivity index (χ3n) is 28.2. The SMILES string of the molecule is [2H]c1c([2H])c([2H])c(-n2c3ccccc3c3cc(-c4ccc(N(c5ccccc5)c5cccc6ccccc56)cc4)c4sc5ccccc5c4c32)c([2H])c1[2H].c1ccc(-c2ccc(N(c3ccc(-c4ccccc4)cc3)c3cc4c5ccccc5n(-c5ccc(-c6ccccc6)cc5)c4c4oc5ccccc5c34)cc2)cc1.c1ccc(N(c2ccccc2)c2cc3c4ccccc4n(-c4ccccc4)c3c3c2sc2ccccc23)cc1. The summed E-state index contributed by atoms with van der Waals surface area (Å²) in [6, 6.07) is 181. The molecule has 29 aromatic rings. The highest BCUT2D eigenvalue weighted by Crippen LogP contribution is 2.55. The van der Waals surface area contributed by atoms with Crippen molar-refractivity contribution >= 4 is 212 Å². The predicted octanol–water partition coefficient (Wildman–Crippen LogP) is 39.2. The monoisotopic (exact) mass is 1890 g/mol. The van der Waals surface area contributed by atoms with Crippen LogP contribution >= 0.6 is 22.7 Å². The van der Waals surface area contributed by atoms with Crippen molar-refractivity contribution in [3.05, 3.63) is 546 Å². The van der Waals surface area contributed by atoms with Crippen molar-refractivity contribution in [2.75, 3.05) is 14.7 Å². The van der Waals surface area contributed by atoms with Gasteiger partial charge in [0.05, 0.1) is 67.1 Å². The summed E-state index contributed by atoms with van der Waals surface area (Å²) < 4.78 is 61.9. The molecule has 23 aromatic carbocycles. The molecule has 6 heterocycles. The van der Waals surface area contributed by atoms with Crippen molar-refractivity contribution in [3.8, 4) is 61.6 Å². The highest BCUT2D eigenvalue weighted by Gasteiger charge is 2.30. The van der Waals surface area contributed by atoms with Crippen molar-refractivity contribution in [2.45, 2.75) is 0 Å². The fraction of sp³-hybridized carbons (Fsp3) is 0. The minimum Gasteiger partial charge on any atom is -0.454 e. The average Bonchev–Trinajstić information content (AvgIpc) is 1.59. The van der Waals surface area contributed by atoms with Gasteiger partial charge in [0.25, 0.3) is 0 Å². The number of hydrogen-bond acceptors (Lipinski definition) is 6. The topological polar surface area (TPSA) is 37.6 Å². The second kappa shape index (κ2) is 36.5. The second-order valence-corrected chi connectivity index (χ2v) is 38.6. The van der Waals surface area contributed by atoms with E-state index in [4.69, 9.17) is 11.3 Å². The van der Waals surface area contributed by atoms with Gasteiger partial charge in [-0.3, -0.25) is 0 Å². The molecule has 6 aromatic heterocycles. The number of para-hydroxylation sites is 9. The summed E-state index contributed by atoms with van der Waals surface area (Å²) in [6.45, 7) is 0. The normalized spacial score (nSPS) is 12.1. The lowest BCUT2D eigenvalue weighted by Gasteiger charge is -2.27. The van der Waals surface area contributed by atoms with Crippen LogP contribution in [0.4, 0.5) is 51.2 Å². The number of nitrogens with zero attached hydrogens (tertiary/aromatic N) is 6. The number of furan rings is 1. The van der Waals surface area contributed by atoms with Crippen LogP contribution in [0.15, 0.2) is 550 Å². The highest BCUT2D eigenvalue weighted by molar-refractivity contribution is 7.27. The maximum Gasteiger partial charge on any atom is 0.162 e. The lowest BCUT2D eigenvalue weighted by Crippen LogP contribution is -2.10. The molecule has 7 nitrogen and oxygen atoms in total. The first-order valence-electron chi connectivity index (χ1n) is 51.4. The average molecular weight is 1890 g/mol. The molecule has 0 saturated heterocycles. The van der Waals surface area contributed by atoms with E-state index in [1.807, 2.05) is 52.3 Å². The first kappa shape index (κ1) is 80.2. The van der Waals surface area contributed by atoms with Crippen LogP contribution in [0, 0.1) is 0 Å². The number of anilines is 9. The van der Waals surface area contributed by atoms with Crippen LogP contribution in [0.3, 0.4) is 0 Å². The maximum absolute atomic E-state index is 9.00. The lowest BCUT2D eigenvalue weighted by molar-refractivity contribution is 0.671. The quantitative estimate of drug-likeness (QED) is 0.0966. The Morgan fingerprint density at radius 1 is 0.214 bits per heavy atom. The van der Waals surface area contributed by atoms with Gasteiger partial charge >= 0.3 is 0 Å². The predicted molar refractivity (Wildman–Crippen MR) is 619 cm³/mol. The molecule has 9 heteroatoms. The van der Waals surface area contributed by atoms with E-state index in [-0.39, 0.29) is 29.9 Å². The van der Waals surface area contributed by atoms with Gasteiger partial charge in [-0.05, 0) is 214 Å². The summed E-state index contributed by atoms with van der Waals surface area (Å²) in [7, 11) is 0. The molecule has 0 amide bonds. The Hall–Kier alpha value is -18.6. The number of fused-ring (bicyclic) bond motifs is 22. The van der Waals surface area contributed by atoms with Crippen molar-refractivity contribution in [1.82, 2.24) is 13.7 Å². The molecule has 0 bridgehead atoms. The van der Waals surface area contributed by atoms with Crippen LogP contribution in [0.5, 0.6) is 0 Å². The van der Waals surface area contributed by atoms with Gasteiger partial charge in [-0.25, -0.2) is 0 Å². The van der Waals surface area contributed by atoms with Gasteiger partial charge in [0.15, 0.2) is 5.58 Å². The maximum atomic E-state index is 9.00. The summed E-state index contributed by atoms with van der Waals surface area (Å²) in [5.41, 5.74) is 29.5. The first-order valence-corrected chi connectivity index (χ1v) is 50.6. The number of hydrogen-bond donors (Lipinski definition) is 0. The van der Waals surface area contributed by atoms with Gasteiger partial charge in [-0.15, -0.1) is 22.7 Å². The Balaban J connectivity index is 0.000000113. The van der Waals surface area contributed by atoms with Crippen molar-refractivity contribution < 1.29 is 11.3 Å². The Morgan fingerprint density at radius 3 is 1.06 bits per heavy atom. The zero-order valence-corrected chi connectivity index (χ0v) is 80.1. The van der Waals surface area contributed by atoms with E-state index < -0.39 is 6.04 Å². The molecular weight excluding hydrogens is 1800 g/mol. The molecule has 0 atom stereocenters. The van der Waals surface area contributed by atoms with Crippen LogP contribution in [-0.2, 0) is 0 Å². The van der Waals surface area contributed by atoms with Crippen molar-refractivity contribution in [2.24, 2.45) is 0 Å². The number of aromatic nitrogens is 3. The fourth-order valence-electron chi connectivity index (χ4n) is 21.7. The molecule has 0 unspecified atom stereocenters. The Kier molecular flexibility index (Phi) is 20.2. The Labute approximate surface area is 853 Å². The van der Waals surface area contributed by atoms with E-state index in [0.29, 0.717) is 0 Å². The molecule has 0 spiro atoms. The van der Waals surface area contributed by atoms with Crippen LogP contribution in [0.1, 0.15) is 6.85 Å². The zero-order valence-electron chi connectivity index (χ0n) is 83.5. The van der Waals surface area contributed by atoms with Gasteiger partial charge in [0.2, 0.25) is 0 Å². The Morgan fingerprint density at radius 2 is 0.552 bits per heavy atom. The van der Waals surface area contributed by atoms with E-state index in [1.165, 1.54) is 103 Å². The van der Waals surface area contributed by atoms with E-state index in [2.05, 4.69) is 503 Å². The molecule has 0 saturated carbocycles. The van der Waals surface area contributed by atoms with Gasteiger partial charge in [0, 0.05) is 135 Å². The van der Waals surface area contributed by atoms with E-state index in [9.17, 15) is 0 Å². The van der Waals surface area contributed by atoms with Crippen LogP contribution < -0.4 is 14.7 Å². The number of benzene rings is 23. The molecule has 0 aliphatic heterocycles. The number of thiophene rings is 2. The van der Waals surface area contributed by atoms with Crippen LogP contribution in [0.2, 0.25) is 0 Å². The molecule has 0 radical (unpaired) electrons. The van der Waals surface area contributed by atoms with Gasteiger partial charge < -0.3 is 32.8 Å². The summed E-state index contributed by atoms with van der Waals surface area (Å²) in [5.74, 6) is 0. The zero-order chi connectivity index (χ0) is 100. The van der Waals surface area contributed by atoms with E-state index in [1.54, 1.807) is 11.3 Å². The fourth-order valence-corrected chi connectivity index (χ4v) is 24.2. The van der Waals surface area contributed by atoms with E-state index >= 15 is 0 Å². The molecule has 29 rings (SSSR count). The van der Waals surface area contributed by atoms with Crippen molar-refractivity contribution in [1.29, 1.82) is 0 Å². The van der Waals surface area contributed by atoms with Gasteiger partial charge in [-0.1, -0.05) is 376 Å². The highest BCUT2D eigenvalue weighted by atomic mass is 32.1. The smallest absolute Gasteiger partial charge is 0.162 e.